The van der Waals surface area contributed by atoms with Gasteiger partial charge in [-0.3, -0.25) is 4.79 Å². The van der Waals surface area contributed by atoms with E-state index in [0.717, 1.165) is 46.9 Å². The van der Waals surface area contributed by atoms with E-state index in [1.165, 1.54) is 0 Å². The van der Waals surface area contributed by atoms with Gasteiger partial charge >= 0.3 is 0 Å². The van der Waals surface area contributed by atoms with E-state index in [2.05, 4.69) is 22.5 Å². The SMILES string of the molecule is CCCCSc1nc2n(n1)C(c1ccc(OC)cc1)C(C(=O)Nc1ccc(C)cc1)=C(C)N2. The predicted octanol–water partition coefficient (Wildman–Crippen LogP) is 5.41. The van der Waals surface area contributed by atoms with E-state index >= 15 is 0 Å². The highest BCUT2D eigenvalue weighted by Gasteiger charge is 2.34. The summed E-state index contributed by atoms with van der Waals surface area (Å²) < 4.78 is 7.14. The van der Waals surface area contributed by atoms with Crippen molar-refractivity contribution in [2.75, 3.05) is 23.5 Å². The van der Waals surface area contributed by atoms with Crippen LogP contribution in [0.5, 0.6) is 5.75 Å². The number of carbonyl (C=O) groups excluding carboxylic acids is 1. The van der Waals surface area contributed by atoms with Gasteiger partial charge in [-0.15, -0.1) is 5.10 Å². The van der Waals surface area contributed by atoms with Crippen LogP contribution in [0.25, 0.3) is 0 Å². The van der Waals surface area contributed by atoms with E-state index in [1.807, 2.05) is 67.1 Å². The van der Waals surface area contributed by atoms with Crippen LogP contribution in [0.3, 0.4) is 0 Å². The lowest BCUT2D eigenvalue weighted by atomic mass is 9.95. The molecule has 1 atom stereocenters. The van der Waals surface area contributed by atoms with Crippen molar-refractivity contribution >= 4 is 29.3 Å². The second-order valence-corrected chi connectivity index (χ2v) is 9.09. The number of carbonyl (C=O) groups is 1. The lowest BCUT2D eigenvalue weighted by Gasteiger charge is -2.28. The van der Waals surface area contributed by atoms with Crippen molar-refractivity contribution < 1.29 is 9.53 Å². The van der Waals surface area contributed by atoms with Crippen LogP contribution in [-0.2, 0) is 4.79 Å². The lowest BCUT2D eigenvalue weighted by Crippen LogP contribution is -2.31. The van der Waals surface area contributed by atoms with E-state index in [4.69, 9.17) is 9.84 Å². The molecule has 0 radical (unpaired) electrons. The lowest BCUT2D eigenvalue weighted by molar-refractivity contribution is -0.113. The summed E-state index contributed by atoms with van der Waals surface area (Å²) in [5, 5.41) is 11.8. The number of hydrogen-bond donors (Lipinski definition) is 2. The molecule has 0 spiro atoms. The number of thioether (sulfide) groups is 1. The van der Waals surface area contributed by atoms with Gasteiger partial charge in [0.15, 0.2) is 0 Å². The number of aryl methyl sites for hydroxylation is 1. The minimum atomic E-state index is -0.411. The molecular weight excluding hydrogens is 434 g/mol. The first-order chi connectivity index (χ1) is 16.0. The van der Waals surface area contributed by atoms with E-state index < -0.39 is 6.04 Å². The molecule has 8 heteroatoms. The number of nitrogens with zero attached hydrogens (tertiary/aromatic N) is 3. The van der Waals surface area contributed by atoms with Gasteiger partial charge in [0.1, 0.15) is 11.8 Å². The summed E-state index contributed by atoms with van der Waals surface area (Å²) in [5.74, 6) is 2.18. The highest BCUT2D eigenvalue weighted by atomic mass is 32.2. The molecule has 172 valence electrons. The van der Waals surface area contributed by atoms with Crippen LogP contribution in [0.1, 0.15) is 43.9 Å². The molecule has 0 bridgehead atoms. The Labute approximate surface area is 198 Å². The fourth-order valence-electron chi connectivity index (χ4n) is 3.72. The molecular formula is C25H29N5O2S. The van der Waals surface area contributed by atoms with Gasteiger partial charge in [-0.25, -0.2) is 4.68 Å². The molecule has 0 aliphatic carbocycles. The Morgan fingerprint density at radius 1 is 1.15 bits per heavy atom. The molecule has 4 rings (SSSR count). The molecule has 7 nitrogen and oxygen atoms in total. The van der Waals surface area contributed by atoms with Crippen molar-refractivity contribution in [2.45, 2.75) is 44.8 Å². The number of methoxy groups -OCH3 is 1. The van der Waals surface area contributed by atoms with Gasteiger partial charge in [0, 0.05) is 17.1 Å². The second-order valence-electron chi connectivity index (χ2n) is 8.02. The molecule has 1 unspecified atom stereocenters. The van der Waals surface area contributed by atoms with Crippen molar-refractivity contribution in [1.82, 2.24) is 14.8 Å². The van der Waals surface area contributed by atoms with Gasteiger partial charge in [0.25, 0.3) is 5.91 Å². The minimum Gasteiger partial charge on any atom is -0.497 e. The van der Waals surface area contributed by atoms with Gasteiger partial charge in [0.2, 0.25) is 11.1 Å². The average molecular weight is 464 g/mol. The summed E-state index contributed by atoms with van der Waals surface area (Å²) in [6.45, 7) is 6.09. The average Bonchev–Trinajstić information content (AvgIpc) is 3.22. The van der Waals surface area contributed by atoms with Crippen LogP contribution >= 0.6 is 11.8 Å². The number of anilines is 2. The van der Waals surface area contributed by atoms with Crippen LogP contribution in [0.2, 0.25) is 0 Å². The maximum atomic E-state index is 13.5. The smallest absolute Gasteiger partial charge is 0.255 e. The van der Waals surface area contributed by atoms with Gasteiger partial charge in [-0.2, -0.15) is 4.98 Å². The molecule has 2 aromatic carbocycles. The van der Waals surface area contributed by atoms with Crippen molar-refractivity contribution in [3.63, 3.8) is 0 Å². The Bertz CT molecular complexity index is 1150. The Balaban J connectivity index is 1.71. The Kier molecular flexibility index (Phi) is 7.03. The zero-order valence-corrected chi connectivity index (χ0v) is 20.2. The van der Waals surface area contributed by atoms with Gasteiger partial charge in [0.05, 0.1) is 12.7 Å². The number of ether oxygens (including phenoxy) is 1. The molecule has 2 N–H and O–H groups in total. The molecule has 1 amide bonds. The Morgan fingerprint density at radius 2 is 1.88 bits per heavy atom. The molecule has 1 aliphatic heterocycles. The number of aromatic nitrogens is 3. The fraction of sp³-hybridized carbons (Fsp3) is 0.320. The van der Waals surface area contributed by atoms with Crippen molar-refractivity contribution in [3.05, 3.63) is 70.9 Å². The van der Waals surface area contributed by atoms with Crippen molar-refractivity contribution in [2.24, 2.45) is 0 Å². The zero-order chi connectivity index (χ0) is 23.4. The first-order valence-electron chi connectivity index (χ1n) is 11.1. The number of nitrogens with one attached hydrogen (secondary N) is 2. The van der Waals surface area contributed by atoms with Crippen LogP contribution in [0.4, 0.5) is 11.6 Å². The minimum absolute atomic E-state index is 0.175. The third kappa shape index (κ3) is 5.06. The second kappa shape index (κ2) is 10.1. The summed E-state index contributed by atoms with van der Waals surface area (Å²) in [6, 6.07) is 15.1. The maximum Gasteiger partial charge on any atom is 0.255 e. The summed E-state index contributed by atoms with van der Waals surface area (Å²) in [4.78, 5) is 18.2. The molecule has 0 saturated heterocycles. The first-order valence-corrected chi connectivity index (χ1v) is 12.1. The number of unbranched alkanes of at least 4 members (excludes halogenated alkanes) is 1. The van der Waals surface area contributed by atoms with Crippen molar-refractivity contribution in [1.29, 1.82) is 0 Å². The third-order valence-corrected chi connectivity index (χ3v) is 6.47. The highest BCUT2D eigenvalue weighted by Crippen LogP contribution is 2.37. The molecule has 0 saturated carbocycles. The topological polar surface area (TPSA) is 81.1 Å². The van der Waals surface area contributed by atoms with Crippen LogP contribution in [-0.4, -0.2) is 33.5 Å². The number of fused-ring (bicyclic) bond motifs is 1. The standard InChI is InChI=1S/C25H29N5O2S/c1-5-6-15-33-25-28-24-26-17(3)21(23(31)27-19-11-7-16(2)8-12-19)22(30(24)29-25)18-9-13-20(32-4)14-10-18/h7-14,22H,5-6,15H2,1-4H3,(H,27,31)(H,26,28,29). The molecule has 33 heavy (non-hydrogen) atoms. The fourth-order valence-corrected chi connectivity index (χ4v) is 4.64. The van der Waals surface area contributed by atoms with E-state index in [-0.39, 0.29) is 5.91 Å². The normalized spacial score (nSPS) is 15.1. The summed E-state index contributed by atoms with van der Waals surface area (Å²) in [6.07, 6.45) is 2.22. The highest BCUT2D eigenvalue weighted by molar-refractivity contribution is 7.99. The Morgan fingerprint density at radius 3 is 2.55 bits per heavy atom. The summed E-state index contributed by atoms with van der Waals surface area (Å²) in [5.41, 5.74) is 4.18. The van der Waals surface area contributed by atoms with Crippen LogP contribution in [0, 0.1) is 6.92 Å². The van der Waals surface area contributed by atoms with Gasteiger partial charge in [-0.1, -0.05) is 54.9 Å². The summed E-state index contributed by atoms with van der Waals surface area (Å²) >= 11 is 1.63. The summed E-state index contributed by atoms with van der Waals surface area (Å²) in [7, 11) is 1.64. The van der Waals surface area contributed by atoms with Gasteiger partial charge < -0.3 is 15.4 Å². The molecule has 0 fully saturated rings. The number of amides is 1. The molecule has 3 aromatic rings. The van der Waals surface area contributed by atoms with Gasteiger partial charge in [-0.05, 0) is 50.1 Å². The first kappa shape index (κ1) is 22.9. The number of hydrogen-bond acceptors (Lipinski definition) is 6. The molecule has 2 heterocycles. The quantitative estimate of drug-likeness (QED) is 0.343. The maximum absolute atomic E-state index is 13.5. The number of allylic oxidation sites excluding steroid dienone is 1. The van der Waals surface area contributed by atoms with E-state index in [9.17, 15) is 4.79 Å². The van der Waals surface area contributed by atoms with Crippen LogP contribution in [0.15, 0.2) is 65.0 Å². The van der Waals surface area contributed by atoms with Crippen LogP contribution < -0.4 is 15.4 Å². The predicted molar refractivity (Wildman–Crippen MR) is 133 cm³/mol. The largest absolute Gasteiger partial charge is 0.497 e. The van der Waals surface area contributed by atoms with E-state index in [0.29, 0.717) is 16.7 Å². The third-order valence-electron chi connectivity index (χ3n) is 5.55. The molecule has 1 aliphatic rings. The van der Waals surface area contributed by atoms with Crippen molar-refractivity contribution in [3.8, 4) is 5.75 Å². The molecule has 1 aromatic heterocycles. The zero-order valence-electron chi connectivity index (χ0n) is 19.4. The van der Waals surface area contributed by atoms with E-state index in [1.54, 1.807) is 18.9 Å². The number of benzene rings is 2. The monoisotopic (exact) mass is 463 g/mol. The Hall–Kier alpha value is -3.26. The number of rotatable bonds is 8.